The molecule has 2 amide bonds. The molecule has 31 heavy (non-hydrogen) atoms. The molecule has 5 rings (SSSR count). The number of amides is 2. The fourth-order valence-electron chi connectivity index (χ4n) is 3.56. The van der Waals surface area contributed by atoms with Crippen molar-refractivity contribution < 1.29 is 9.59 Å². The zero-order valence-electron chi connectivity index (χ0n) is 17.0. The van der Waals surface area contributed by atoms with Gasteiger partial charge < -0.3 is 10.2 Å². The van der Waals surface area contributed by atoms with Crippen molar-refractivity contribution in [1.82, 2.24) is 20.0 Å². The minimum atomic E-state index is -0.0844. The molecule has 2 aliphatic rings. The summed E-state index contributed by atoms with van der Waals surface area (Å²) in [4.78, 5) is 27.3. The number of halogens is 1. The first kappa shape index (κ1) is 19.8. The van der Waals surface area contributed by atoms with E-state index in [9.17, 15) is 9.59 Å². The minimum Gasteiger partial charge on any atom is -0.349 e. The molecule has 7 heteroatoms. The van der Waals surface area contributed by atoms with Crippen LogP contribution in [-0.2, 0) is 6.54 Å². The highest BCUT2D eigenvalue weighted by molar-refractivity contribution is 6.30. The third kappa shape index (κ3) is 4.64. The average molecular weight is 435 g/mol. The minimum absolute atomic E-state index is 0.0317. The number of rotatable bonds is 7. The Kier molecular flexibility index (Phi) is 5.24. The Hall–Kier alpha value is -3.12. The van der Waals surface area contributed by atoms with Gasteiger partial charge in [0.2, 0.25) is 0 Å². The molecule has 0 spiro atoms. The SMILES string of the molecule is O=C(NC1CC1)c1ccc(CN(C(=O)c2ccn(-c3cccc(Cl)c3)n2)C2CC2)cc1. The standard InChI is InChI=1S/C24H23ClN4O2/c25-18-2-1-3-21(14-18)29-13-12-22(27-29)24(31)28(20-10-11-20)15-16-4-6-17(7-5-16)23(30)26-19-8-9-19/h1-7,12-14,19-20H,8-11,15H2,(H,26,30). The smallest absolute Gasteiger partial charge is 0.274 e. The molecule has 1 heterocycles. The van der Waals surface area contributed by atoms with Crippen LogP contribution in [0.2, 0.25) is 5.02 Å². The Bertz CT molecular complexity index is 1120. The van der Waals surface area contributed by atoms with E-state index in [0.717, 1.165) is 36.9 Å². The van der Waals surface area contributed by atoms with Crippen molar-refractivity contribution in [2.75, 3.05) is 0 Å². The number of hydrogen-bond donors (Lipinski definition) is 1. The number of aromatic nitrogens is 2. The van der Waals surface area contributed by atoms with E-state index in [2.05, 4.69) is 10.4 Å². The lowest BCUT2D eigenvalue weighted by atomic mass is 10.1. The Morgan fingerprint density at radius 3 is 2.52 bits per heavy atom. The van der Waals surface area contributed by atoms with Crippen LogP contribution in [0.25, 0.3) is 5.69 Å². The zero-order valence-corrected chi connectivity index (χ0v) is 17.8. The maximum Gasteiger partial charge on any atom is 0.274 e. The van der Waals surface area contributed by atoms with E-state index < -0.39 is 0 Å². The van der Waals surface area contributed by atoms with Crippen LogP contribution in [0.3, 0.4) is 0 Å². The van der Waals surface area contributed by atoms with Crippen molar-refractivity contribution in [2.45, 2.75) is 44.3 Å². The monoisotopic (exact) mass is 434 g/mol. The second-order valence-corrected chi connectivity index (χ2v) is 8.67. The molecule has 0 atom stereocenters. The molecule has 0 aliphatic heterocycles. The van der Waals surface area contributed by atoms with Crippen LogP contribution in [0.5, 0.6) is 0 Å². The molecule has 2 aromatic carbocycles. The summed E-state index contributed by atoms with van der Waals surface area (Å²) in [7, 11) is 0. The molecule has 0 bridgehead atoms. The van der Waals surface area contributed by atoms with E-state index in [1.165, 1.54) is 0 Å². The van der Waals surface area contributed by atoms with E-state index >= 15 is 0 Å². The third-order valence-electron chi connectivity index (χ3n) is 5.61. The summed E-state index contributed by atoms with van der Waals surface area (Å²) in [6, 6.07) is 17.2. The first-order valence-corrected chi connectivity index (χ1v) is 11.0. The summed E-state index contributed by atoms with van der Waals surface area (Å²) in [5.74, 6) is -0.116. The van der Waals surface area contributed by atoms with Crippen LogP contribution in [0.1, 0.15) is 52.1 Å². The second kappa shape index (κ2) is 8.19. The predicted molar refractivity (Wildman–Crippen MR) is 118 cm³/mol. The highest BCUT2D eigenvalue weighted by Gasteiger charge is 2.34. The summed E-state index contributed by atoms with van der Waals surface area (Å²) >= 11 is 6.07. The second-order valence-electron chi connectivity index (χ2n) is 8.23. The van der Waals surface area contributed by atoms with E-state index in [-0.39, 0.29) is 17.9 Å². The van der Waals surface area contributed by atoms with Gasteiger partial charge in [0.15, 0.2) is 5.69 Å². The molecule has 1 aromatic heterocycles. The van der Waals surface area contributed by atoms with Gasteiger partial charge in [-0.05, 0) is 67.6 Å². The number of hydrogen-bond acceptors (Lipinski definition) is 3. The topological polar surface area (TPSA) is 67.2 Å². The van der Waals surface area contributed by atoms with Crippen LogP contribution in [-0.4, -0.2) is 38.6 Å². The first-order valence-electron chi connectivity index (χ1n) is 10.6. The predicted octanol–water partition coefficient (Wildman–Crippen LogP) is 4.22. The van der Waals surface area contributed by atoms with Crippen molar-refractivity contribution in [2.24, 2.45) is 0 Å². The highest BCUT2D eigenvalue weighted by Crippen LogP contribution is 2.30. The molecule has 158 valence electrons. The summed E-state index contributed by atoms with van der Waals surface area (Å²) in [6.07, 6.45) is 5.91. The fourth-order valence-corrected chi connectivity index (χ4v) is 3.74. The number of carbonyl (C=O) groups is 2. The van der Waals surface area contributed by atoms with Crippen molar-refractivity contribution in [3.63, 3.8) is 0 Å². The lowest BCUT2D eigenvalue weighted by molar-refractivity contribution is 0.0723. The quantitative estimate of drug-likeness (QED) is 0.605. The van der Waals surface area contributed by atoms with Crippen LogP contribution < -0.4 is 5.32 Å². The van der Waals surface area contributed by atoms with E-state index in [4.69, 9.17) is 11.6 Å². The van der Waals surface area contributed by atoms with Crippen LogP contribution in [0, 0.1) is 0 Å². The van der Waals surface area contributed by atoms with Gasteiger partial charge in [-0.25, -0.2) is 4.68 Å². The number of nitrogens with zero attached hydrogens (tertiary/aromatic N) is 3. The van der Waals surface area contributed by atoms with Crippen molar-refractivity contribution in [3.05, 3.63) is 82.6 Å². The van der Waals surface area contributed by atoms with Gasteiger partial charge in [0.05, 0.1) is 5.69 Å². The van der Waals surface area contributed by atoms with Crippen molar-refractivity contribution in [1.29, 1.82) is 0 Å². The Morgan fingerprint density at radius 2 is 1.84 bits per heavy atom. The Balaban J connectivity index is 1.30. The van der Waals surface area contributed by atoms with E-state index in [0.29, 0.717) is 28.9 Å². The normalized spacial score (nSPS) is 15.5. The van der Waals surface area contributed by atoms with Gasteiger partial charge in [-0.15, -0.1) is 0 Å². The molecule has 3 aromatic rings. The fraction of sp³-hybridized carbons (Fsp3) is 0.292. The molecular weight excluding hydrogens is 412 g/mol. The van der Waals surface area contributed by atoms with Crippen LogP contribution in [0.15, 0.2) is 60.8 Å². The number of nitrogens with one attached hydrogen (secondary N) is 1. The first-order chi connectivity index (χ1) is 15.1. The maximum atomic E-state index is 13.2. The van der Waals surface area contributed by atoms with E-state index in [1.54, 1.807) is 23.0 Å². The number of carbonyl (C=O) groups excluding carboxylic acids is 2. The summed E-state index contributed by atoms with van der Waals surface area (Å²) in [5, 5.41) is 8.09. The molecule has 6 nitrogen and oxygen atoms in total. The van der Waals surface area contributed by atoms with Gasteiger partial charge in [0, 0.05) is 35.4 Å². The van der Waals surface area contributed by atoms with Gasteiger partial charge in [-0.2, -0.15) is 5.10 Å². The molecule has 1 N–H and O–H groups in total. The summed E-state index contributed by atoms with van der Waals surface area (Å²) in [6.45, 7) is 0.498. The van der Waals surface area contributed by atoms with Gasteiger partial charge in [0.25, 0.3) is 11.8 Å². The highest BCUT2D eigenvalue weighted by atomic mass is 35.5. The molecule has 0 saturated heterocycles. The third-order valence-corrected chi connectivity index (χ3v) is 5.85. The molecule has 0 unspecified atom stereocenters. The van der Waals surface area contributed by atoms with Crippen LogP contribution in [0.4, 0.5) is 0 Å². The van der Waals surface area contributed by atoms with Crippen molar-refractivity contribution >= 4 is 23.4 Å². The summed E-state index contributed by atoms with van der Waals surface area (Å²) < 4.78 is 1.66. The van der Waals surface area contributed by atoms with Gasteiger partial charge in [-0.3, -0.25) is 9.59 Å². The largest absolute Gasteiger partial charge is 0.349 e. The average Bonchev–Trinajstić information content (AvgIpc) is 3.71. The molecule has 0 radical (unpaired) electrons. The Morgan fingerprint density at radius 1 is 1.06 bits per heavy atom. The summed E-state index contributed by atoms with van der Waals surface area (Å²) in [5.41, 5.74) is 2.87. The Labute approximate surface area is 185 Å². The molecule has 2 aliphatic carbocycles. The lowest BCUT2D eigenvalue weighted by Crippen LogP contribution is -2.33. The lowest BCUT2D eigenvalue weighted by Gasteiger charge is -2.21. The maximum absolute atomic E-state index is 13.2. The van der Waals surface area contributed by atoms with Gasteiger partial charge in [0.1, 0.15) is 0 Å². The van der Waals surface area contributed by atoms with Crippen molar-refractivity contribution in [3.8, 4) is 5.69 Å². The number of benzene rings is 2. The zero-order chi connectivity index (χ0) is 21.4. The van der Waals surface area contributed by atoms with Gasteiger partial charge in [-0.1, -0.05) is 29.8 Å². The van der Waals surface area contributed by atoms with E-state index in [1.807, 2.05) is 47.4 Å². The molecule has 2 fully saturated rings. The van der Waals surface area contributed by atoms with Crippen LogP contribution >= 0.6 is 11.6 Å². The van der Waals surface area contributed by atoms with Gasteiger partial charge >= 0.3 is 0 Å². The molecule has 2 saturated carbocycles. The molecular formula is C24H23ClN4O2.